The summed E-state index contributed by atoms with van der Waals surface area (Å²) in [6, 6.07) is 0. The zero-order valence-electron chi connectivity index (χ0n) is 16.3. The maximum absolute atomic E-state index is 12.0. The monoisotopic (exact) mass is 394 g/mol. The van der Waals surface area contributed by atoms with Gasteiger partial charge in [0.15, 0.2) is 5.16 Å². The van der Waals surface area contributed by atoms with E-state index >= 15 is 0 Å². The predicted octanol–water partition coefficient (Wildman–Crippen LogP) is 0.789. The van der Waals surface area contributed by atoms with Crippen molar-refractivity contribution >= 4 is 23.6 Å². The Balaban J connectivity index is 1.86. The summed E-state index contributed by atoms with van der Waals surface area (Å²) in [5, 5.41) is 11.9. The number of likely N-dealkylation sites (N-methyl/N-ethyl adjacent to an activating group) is 1. The van der Waals surface area contributed by atoms with Gasteiger partial charge in [0.25, 0.3) is 0 Å². The molecule has 0 aromatic carbocycles. The Hall–Kier alpha value is -1.87. The van der Waals surface area contributed by atoms with Gasteiger partial charge in [-0.1, -0.05) is 24.3 Å². The standard InChI is InChI=1S/C18H30N6O2S/c1-4-9-24-15(8-12-23-10-6-5-7-11-23)20-21-18(24)27-14-16(25)19-13-17(26)22(2)3/h4H,1,5-14H2,2-3H3,(H,19,25). The lowest BCUT2D eigenvalue weighted by atomic mass is 10.1. The zero-order valence-corrected chi connectivity index (χ0v) is 17.1. The predicted molar refractivity (Wildman–Crippen MR) is 107 cm³/mol. The van der Waals surface area contributed by atoms with E-state index in [1.807, 2.05) is 10.6 Å². The molecule has 0 atom stereocenters. The first-order chi connectivity index (χ1) is 13.0. The van der Waals surface area contributed by atoms with Gasteiger partial charge >= 0.3 is 0 Å². The summed E-state index contributed by atoms with van der Waals surface area (Å²) in [6.45, 7) is 7.72. The van der Waals surface area contributed by atoms with E-state index in [1.165, 1.54) is 35.9 Å². The Kier molecular flexibility index (Phi) is 8.80. The van der Waals surface area contributed by atoms with Crippen LogP contribution >= 0.6 is 11.8 Å². The maximum atomic E-state index is 12.0. The molecule has 9 heteroatoms. The van der Waals surface area contributed by atoms with Crippen molar-refractivity contribution in [2.45, 2.75) is 37.4 Å². The minimum atomic E-state index is -0.196. The van der Waals surface area contributed by atoms with Crippen LogP contribution in [0.4, 0.5) is 0 Å². The Labute approximate surface area is 165 Å². The Morgan fingerprint density at radius 2 is 2.00 bits per heavy atom. The molecule has 1 N–H and O–H groups in total. The molecule has 1 aliphatic heterocycles. The number of allylic oxidation sites excluding steroid dienone is 1. The molecule has 1 fully saturated rings. The maximum Gasteiger partial charge on any atom is 0.241 e. The molecule has 2 heterocycles. The third-order valence-electron chi connectivity index (χ3n) is 4.47. The third-order valence-corrected chi connectivity index (χ3v) is 5.44. The summed E-state index contributed by atoms with van der Waals surface area (Å²) in [5.41, 5.74) is 0. The summed E-state index contributed by atoms with van der Waals surface area (Å²) in [5.74, 6) is 0.787. The number of hydrogen-bond acceptors (Lipinski definition) is 6. The smallest absolute Gasteiger partial charge is 0.241 e. The SMILES string of the molecule is C=CCn1c(CCN2CCCCC2)nnc1SCC(=O)NCC(=O)N(C)C. The Morgan fingerprint density at radius 3 is 2.67 bits per heavy atom. The van der Waals surface area contributed by atoms with E-state index in [4.69, 9.17) is 0 Å². The number of rotatable bonds is 10. The highest BCUT2D eigenvalue weighted by molar-refractivity contribution is 7.99. The van der Waals surface area contributed by atoms with Gasteiger partial charge in [-0.05, 0) is 25.9 Å². The van der Waals surface area contributed by atoms with Crippen LogP contribution in [0, 0.1) is 0 Å². The number of aromatic nitrogens is 3. The molecule has 2 rings (SSSR count). The fraction of sp³-hybridized carbons (Fsp3) is 0.667. The molecular weight excluding hydrogens is 364 g/mol. The number of piperidine rings is 1. The highest BCUT2D eigenvalue weighted by atomic mass is 32.2. The summed E-state index contributed by atoms with van der Waals surface area (Å²) in [4.78, 5) is 27.4. The first-order valence-corrected chi connectivity index (χ1v) is 10.3. The van der Waals surface area contributed by atoms with Crippen LogP contribution in [0.5, 0.6) is 0 Å². The first kappa shape index (κ1) is 21.4. The van der Waals surface area contributed by atoms with E-state index in [9.17, 15) is 9.59 Å². The molecule has 1 aliphatic rings. The third kappa shape index (κ3) is 6.99. The summed E-state index contributed by atoms with van der Waals surface area (Å²) in [6.07, 6.45) is 6.52. The molecule has 0 radical (unpaired) electrons. The van der Waals surface area contributed by atoms with E-state index in [0.717, 1.165) is 31.9 Å². The Bertz CT molecular complexity index is 640. The van der Waals surface area contributed by atoms with Crippen LogP contribution in [-0.4, -0.2) is 82.4 Å². The van der Waals surface area contributed by atoms with Crippen molar-refractivity contribution in [1.82, 2.24) is 29.9 Å². The van der Waals surface area contributed by atoms with Crippen molar-refractivity contribution in [3.63, 3.8) is 0 Å². The van der Waals surface area contributed by atoms with E-state index < -0.39 is 0 Å². The molecule has 0 saturated carbocycles. The molecule has 27 heavy (non-hydrogen) atoms. The number of nitrogens with zero attached hydrogens (tertiary/aromatic N) is 5. The van der Waals surface area contributed by atoms with Crippen molar-refractivity contribution in [2.75, 3.05) is 46.0 Å². The second-order valence-electron chi connectivity index (χ2n) is 6.80. The fourth-order valence-corrected chi connectivity index (χ4v) is 3.67. The molecule has 0 spiro atoms. The van der Waals surface area contributed by atoms with Crippen LogP contribution in [-0.2, 0) is 22.6 Å². The van der Waals surface area contributed by atoms with Gasteiger partial charge in [-0.3, -0.25) is 9.59 Å². The van der Waals surface area contributed by atoms with E-state index in [1.54, 1.807) is 14.1 Å². The quantitative estimate of drug-likeness (QED) is 0.467. The average Bonchev–Trinajstić information content (AvgIpc) is 3.05. The van der Waals surface area contributed by atoms with Gasteiger partial charge in [0, 0.05) is 33.6 Å². The average molecular weight is 395 g/mol. The van der Waals surface area contributed by atoms with Crippen molar-refractivity contribution < 1.29 is 9.59 Å². The summed E-state index contributed by atoms with van der Waals surface area (Å²) >= 11 is 1.33. The summed E-state index contributed by atoms with van der Waals surface area (Å²) < 4.78 is 2.01. The fourth-order valence-electron chi connectivity index (χ4n) is 2.88. The van der Waals surface area contributed by atoms with E-state index in [-0.39, 0.29) is 24.1 Å². The topological polar surface area (TPSA) is 83.4 Å². The number of carbonyl (C=O) groups is 2. The molecule has 1 aromatic rings. The Morgan fingerprint density at radius 1 is 1.26 bits per heavy atom. The van der Waals surface area contributed by atoms with Gasteiger partial charge in [-0.15, -0.1) is 16.8 Å². The van der Waals surface area contributed by atoms with E-state index in [0.29, 0.717) is 11.7 Å². The van der Waals surface area contributed by atoms with Gasteiger partial charge < -0.3 is 19.7 Å². The van der Waals surface area contributed by atoms with Gasteiger partial charge in [-0.2, -0.15) is 0 Å². The molecular formula is C18H30N6O2S. The van der Waals surface area contributed by atoms with Crippen molar-refractivity contribution in [3.05, 3.63) is 18.5 Å². The molecule has 2 amide bonds. The minimum absolute atomic E-state index is 0.00677. The molecule has 150 valence electrons. The lowest BCUT2D eigenvalue weighted by molar-refractivity contribution is -0.130. The zero-order chi connectivity index (χ0) is 19.6. The highest BCUT2D eigenvalue weighted by Gasteiger charge is 2.16. The number of nitrogens with one attached hydrogen (secondary N) is 1. The summed E-state index contributed by atoms with van der Waals surface area (Å²) in [7, 11) is 3.32. The number of amides is 2. The normalized spacial score (nSPS) is 14.7. The van der Waals surface area contributed by atoms with Gasteiger partial charge in [-0.25, -0.2) is 0 Å². The number of likely N-dealkylation sites (tertiary alicyclic amines) is 1. The van der Waals surface area contributed by atoms with Crippen molar-refractivity contribution in [1.29, 1.82) is 0 Å². The van der Waals surface area contributed by atoms with Gasteiger partial charge in [0.05, 0.1) is 12.3 Å². The van der Waals surface area contributed by atoms with Crippen LogP contribution in [0.2, 0.25) is 0 Å². The molecule has 1 saturated heterocycles. The van der Waals surface area contributed by atoms with E-state index in [2.05, 4.69) is 27.0 Å². The molecule has 1 aromatic heterocycles. The molecule has 0 aliphatic carbocycles. The van der Waals surface area contributed by atoms with Crippen molar-refractivity contribution in [3.8, 4) is 0 Å². The lowest BCUT2D eigenvalue weighted by Gasteiger charge is -2.26. The number of hydrogen-bond donors (Lipinski definition) is 1. The number of thioether (sulfide) groups is 1. The largest absolute Gasteiger partial charge is 0.347 e. The molecule has 0 unspecified atom stereocenters. The lowest BCUT2D eigenvalue weighted by Crippen LogP contribution is -2.37. The van der Waals surface area contributed by atoms with Crippen LogP contribution in [0.3, 0.4) is 0 Å². The second-order valence-corrected chi connectivity index (χ2v) is 7.75. The highest BCUT2D eigenvalue weighted by Crippen LogP contribution is 2.18. The minimum Gasteiger partial charge on any atom is -0.347 e. The number of carbonyl (C=O) groups excluding carboxylic acids is 2. The van der Waals surface area contributed by atoms with Crippen LogP contribution < -0.4 is 5.32 Å². The van der Waals surface area contributed by atoms with Crippen LogP contribution in [0.25, 0.3) is 0 Å². The molecule has 0 bridgehead atoms. The van der Waals surface area contributed by atoms with Crippen molar-refractivity contribution in [2.24, 2.45) is 0 Å². The van der Waals surface area contributed by atoms with Crippen LogP contribution in [0.15, 0.2) is 17.8 Å². The van der Waals surface area contributed by atoms with Crippen LogP contribution in [0.1, 0.15) is 25.1 Å². The first-order valence-electron chi connectivity index (χ1n) is 9.36. The van der Waals surface area contributed by atoms with Gasteiger partial charge in [0.1, 0.15) is 5.82 Å². The second kappa shape index (κ2) is 11.1. The van der Waals surface area contributed by atoms with Gasteiger partial charge in [0.2, 0.25) is 11.8 Å². The molecule has 8 nitrogen and oxygen atoms in total.